The molecule has 0 unspecified atom stereocenters. The summed E-state index contributed by atoms with van der Waals surface area (Å²) in [6, 6.07) is 10.6. The van der Waals surface area contributed by atoms with Gasteiger partial charge in [0, 0.05) is 6.20 Å². The molecule has 0 bridgehead atoms. The summed E-state index contributed by atoms with van der Waals surface area (Å²) in [4.78, 5) is 4.19. The van der Waals surface area contributed by atoms with Crippen molar-refractivity contribution < 1.29 is 17.9 Å². The molecule has 0 atom stereocenters. The van der Waals surface area contributed by atoms with E-state index in [0.29, 0.717) is 22.1 Å². The molecule has 0 aliphatic carbocycles. The lowest BCUT2D eigenvalue weighted by Crippen LogP contribution is -2.17. The van der Waals surface area contributed by atoms with E-state index in [1.54, 1.807) is 24.5 Å². The summed E-state index contributed by atoms with van der Waals surface area (Å²) in [5.74, 6) is -0.311. The Morgan fingerprint density at radius 3 is 2.39 bits per heavy atom. The fraction of sp³-hybridized carbons (Fsp3) is 0.0667. The van der Waals surface area contributed by atoms with E-state index in [9.17, 15) is 13.2 Å². The maximum Gasteiger partial charge on any atom is 0.573 e. The predicted molar refractivity (Wildman–Crippen MR) is 78.5 cm³/mol. The van der Waals surface area contributed by atoms with Gasteiger partial charge >= 0.3 is 6.36 Å². The van der Waals surface area contributed by atoms with E-state index in [1.165, 1.54) is 28.9 Å². The second kappa shape index (κ2) is 5.92. The molecule has 0 aliphatic rings. The van der Waals surface area contributed by atoms with Crippen LogP contribution < -0.4 is 4.74 Å². The molecule has 0 amide bonds. The van der Waals surface area contributed by atoms with Crippen molar-refractivity contribution in [3.05, 3.63) is 60.0 Å². The molecule has 0 saturated heterocycles. The minimum absolute atomic E-state index is 0.311. The first-order valence-corrected chi connectivity index (χ1v) is 6.83. The molecule has 0 aliphatic heterocycles. The van der Waals surface area contributed by atoms with E-state index < -0.39 is 6.36 Å². The van der Waals surface area contributed by atoms with Gasteiger partial charge in [-0.25, -0.2) is 4.68 Å². The third-order valence-corrected chi connectivity index (χ3v) is 3.33. The van der Waals surface area contributed by atoms with Crippen LogP contribution in [0.3, 0.4) is 0 Å². The van der Waals surface area contributed by atoms with Crippen molar-refractivity contribution in [2.24, 2.45) is 0 Å². The van der Waals surface area contributed by atoms with Gasteiger partial charge in [0.2, 0.25) is 0 Å². The van der Waals surface area contributed by atoms with Gasteiger partial charge in [0.05, 0.1) is 23.1 Å². The number of alkyl halides is 3. The summed E-state index contributed by atoms with van der Waals surface area (Å²) in [6.45, 7) is 0. The Labute approximate surface area is 134 Å². The van der Waals surface area contributed by atoms with E-state index in [0.717, 1.165) is 0 Å². The fourth-order valence-electron chi connectivity index (χ4n) is 2.00. The number of hydrogen-bond donors (Lipinski definition) is 0. The molecular formula is C15H9ClF3N3O. The molecule has 2 heterocycles. The Balaban J connectivity index is 1.90. The lowest BCUT2D eigenvalue weighted by Gasteiger charge is -2.09. The highest BCUT2D eigenvalue weighted by Gasteiger charge is 2.31. The third-order valence-electron chi connectivity index (χ3n) is 2.97. The second-order valence-corrected chi connectivity index (χ2v) is 4.88. The molecule has 0 saturated carbocycles. The average Bonchev–Trinajstić information content (AvgIpc) is 2.89. The molecule has 23 heavy (non-hydrogen) atoms. The van der Waals surface area contributed by atoms with Gasteiger partial charge in [-0.2, -0.15) is 5.10 Å². The molecule has 4 nitrogen and oxygen atoms in total. The minimum atomic E-state index is -4.73. The number of pyridine rings is 1. The van der Waals surface area contributed by atoms with Crippen molar-refractivity contribution in [2.75, 3.05) is 0 Å². The Morgan fingerprint density at radius 1 is 1.04 bits per heavy atom. The third kappa shape index (κ3) is 3.45. The summed E-state index contributed by atoms with van der Waals surface area (Å²) in [7, 11) is 0. The van der Waals surface area contributed by atoms with Crippen LogP contribution in [0.15, 0.2) is 54.9 Å². The Hall–Kier alpha value is -2.54. The van der Waals surface area contributed by atoms with E-state index >= 15 is 0 Å². The molecule has 118 valence electrons. The van der Waals surface area contributed by atoms with Crippen LogP contribution in [0.1, 0.15) is 0 Å². The van der Waals surface area contributed by atoms with Gasteiger partial charge in [-0.15, -0.1) is 13.2 Å². The normalized spacial score (nSPS) is 11.5. The molecule has 0 N–H and O–H groups in total. The zero-order valence-corrected chi connectivity index (χ0v) is 12.2. The first-order chi connectivity index (χ1) is 10.9. The van der Waals surface area contributed by atoms with Crippen molar-refractivity contribution in [1.82, 2.24) is 14.8 Å². The number of halogens is 4. The van der Waals surface area contributed by atoms with Crippen molar-refractivity contribution in [2.45, 2.75) is 6.36 Å². The average molecular weight is 340 g/mol. The Morgan fingerprint density at radius 2 is 1.78 bits per heavy atom. The number of benzene rings is 1. The second-order valence-electron chi connectivity index (χ2n) is 4.52. The number of ether oxygens (including phenoxy) is 1. The van der Waals surface area contributed by atoms with Crippen LogP contribution in [0, 0.1) is 0 Å². The Kier molecular flexibility index (Phi) is 3.96. The molecule has 8 heteroatoms. The largest absolute Gasteiger partial charge is 0.573 e. The standard InChI is InChI=1S/C15H9ClF3N3O/c16-14-12(13-3-1-2-8-20-13)9-21-22(14)10-4-6-11(7-5-10)23-15(17,18)19/h1-9H. The summed E-state index contributed by atoms with van der Waals surface area (Å²) in [5, 5.41) is 4.46. The maximum absolute atomic E-state index is 12.2. The maximum atomic E-state index is 12.2. The summed E-state index contributed by atoms with van der Waals surface area (Å²) in [5.41, 5.74) is 1.79. The summed E-state index contributed by atoms with van der Waals surface area (Å²) >= 11 is 6.29. The van der Waals surface area contributed by atoms with Crippen LogP contribution in [0.5, 0.6) is 5.75 Å². The quantitative estimate of drug-likeness (QED) is 0.706. The number of hydrogen-bond acceptors (Lipinski definition) is 3. The topological polar surface area (TPSA) is 39.9 Å². The van der Waals surface area contributed by atoms with Gasteiger partial charge in [0.15, 0.2) is 0 Å². The monoisotopic (exact) mass is 339 g/mol. The van der Waals surface area contributed by atoms with Crippen molar-refractivity contribution in [1.29, 1.82) is 0 Å². The summed E-state index contributed by atoms with van der Waals surface area (Å²) in [6.07, 6.45) is -1.55. The fourth-order valence-corrected chi connectivity index (χ4v) is 2.28. The predicted octanol–water partition coefficient (Wildman–Crippen LogP) is 4.49. The molecule has 0 fully saturated rings. The highest BCUT2D eigenvalue weighted by molar-refractivity contribution is 6.32. The van der Waals surface area contributed by atoms with Crippen LogP contribution in [-0.2, 0) is 0 Å². The molecule has 2 aromatic heterocycles. The number of aromatic nitrogens is 3. The van der Waals surface area contributed by atoms with E-state index in [-0.39, 0.29) is 5.75 Å². The van der Waals surface area contributed by atoms with Crippen molar-refractivity contribution in [3.63, 3.8) is 0 Å². The van der Waals surface area contributed by atoms with Crippen molar-refractivity contribution >= 4 is 11.6 Å². The van der Waals surface area contributed by atoms with Crippen molar-refractivity contribution in [3.8, 4) is 22.7 Å². The molecule has 3 rings (SSSR count). The highest BCUT2D eigenvalue weighted by atomic mass is 35.5. The van der Waals surface area contributed by atoms with Crippen LogP contribution in [0.2, 0.25) is 5.15 Å². The molecule has 0 spiro atoms. The zero-order valence-electron chi connectivity index (χ0n) is 11.5. The van der Waals surface area contributed by atoms with Gasteiger partial charge < -0.3 is 4.74 Å². The molecule has 0 radical (unpaired) electrons. The van der Waals surface area contributed by atoms with Crippen LogP contribution in [-0.4, -0.2) is 21.1 Å². The van der Waals surface area contributed by atoms with E-state index in [1.807, 2.05) is 6.07 Å². The van der Waals surface area contributed by atoms with Gasteiger partial charge in [-0.3, -0.25) is 4.98 Å². The van der Waals surface area contributed by atoms with Crippen LogP contribution in [0.25, 0.3) is 16.9 Å². The minimum Gasteiger partial charge on any atom is -0.406 e. The lowest BCUT2D eigenvalue weighted by molar-refractivity contribution is -0.274. The molecular weight excluding hydrogens is 331 g/mol. The SMILES string of the molecule is FC(F)(F)Oc1ccc(-n2ncc(-c3ccccn3)c2Cl)cc1. The van der Waals surface area contributed by atoms with E-state index in [2.05, 4.69) is 14.8 Å². The van der Waals surface area contributed by atoms with E-state index in [4.69, 9.17) is 11.6 Å². The van der Waals surface area contributed by atoms with Gasteiger partial charge in [0.25, 0.3) is 0 Å². The van der Waals surface area contributed by atoms with Gasteiger partial charge in [-0.05, 0) is 36.4 Å². The Bertz CT molecular complexity index is 801. The first-order valence-electron chi connectivity index (χ1n) is 6.45. The highest BCUT2D eigenvalue weighted by Crippen LogP contribution is 2.29. The lowest BCUT2D eigenvalue weighted by atomic mass is 10.2. The van der Waals surface area contributed by atoms with Gasteiger partial charge in [-0.1, -0.05) is 17.7 Å². The summed E-state index contributed by atoms with van der Waals surface area (Å²) < 4.78 is 41.7. The molecule has 1 aromatic carbocycles. The smallest absolute Gasteiger partial charge is 0.406 e. The number of rotatable bonds is 3. The molecule has 3 aromatic rings. The number of nitrogens with zero attached hydrogens (tertiary/aromatic N) is 3. The van der Waals surface area contributed by atoms with Crippen LogP contribution >= 0.6 is 11.6 Å². The zero-order chi connectivity index (χ0) is 16.4. The van der Waals surface area contributed by atoms with Gasteiger partial charge in [0.1, 0.15) is 10.9 Å². The van der Waals surface area contributed by atoms with Crippen LogP contribution in [0.4, 0.5) is 13.2 Å². The first kappa shape index (κ1) is 15.4.